The van der Waals surface area contributed by atoms with Gasteiger partial charge >= 0.3 is 0 Å². The molecule has 5 heteroatoms. The van der Waals surface area contributed by atoms with Crippen LogP contribution in [0, 0.1) is 12.7 Å². The first-order valence-electron chi connectivity index (χ1n) is 9.35. The maximum Gasteiger partial charge on any atom is 0.244 e. The summed E-state index contributed by atoms with van der Waals surface area (Å²) in [5.74, 6) is -0.458. The Kier molecular flexibility index (Phi) is 6.60. The number of nitrogens with one attached hydrogen (secondary N) is 1. The monoisotopic (exact) mass is 367 g/mol. The third kappa shape index (κ3) is 5.93. The van der Waals surface area contributed by atoms with E-state index in [1.165, 1.54) is 29.5 Å². The van der Waals surface area contributed by atoms with Gasteiger partial charge in [0.15, 0.2) is 0 Å². The van der Waals surface area contributed by atoms with Gasteiger partial charge in [-0.25, -0.2) is 4.39 Å². The number of carbonyl (C=O) groups is 1. The molecule has 27 heavy (non-hydrogen) atoms. The smallest absolute Gasteiger partial charge is 0.244 e. The van der Waals surface area contributed by atoms with E-state index in [2.05, 4.69) is 46.3 Å². The zero-order valence-corrected chi connectivity index (χ0v) is 15.7. The number of nitrogens with zero attached hydrogens (tertiary/aromatic N) is 2. The first kappa shape index (κ1) is 19.1. The lowest BCUT2D eigenvalue weighted by molar-refractivity contribution is -0.116. The molecule has 3 rings (SSSR count). The fourth-order valence-corrected chi connectivity index (χ4v) is 3.23. The number of rotatable bonds is 6. The Hall–Kier alpha value is -2.66. The van der Waals surface area contributed by atoms with Crippen LogP contribution in [0.1, 0.15) is 11.1 Å². The molecule has 1 aliphatic heterocycles. The van der Waals surface area contributed by atoms with Gasteiger partial charge in [-0.15, -0.1) is 0 Å². The first-order chi connectivity index (χ1) is 13.1. The molecule has 1 fully saturated rings. The molecule has 0 unspecified atom stereocenters. The van der Waals surface area contributed by atoms with E-state index in [1.807, 2.05) is 0 Å². The van der Waals surface area contributed by atoms with Gasteiger partial charge in [-0.3, -0.25) is 9.69 Å². The van der Waals surface area contributed by atoms with Gasteiger partial charge in [-0.05, 0) is 48.4 Å². The maximum atomic E-state index is 13.1. The lowest BCUT2D eigenvalue weighted by atomic mass is 10.2. The van der Waals surface area contributed by atoms with Gasteiger partial charge in [0.2, 0.25) is 5.91 Å². The molecule has 1 saturated heterocycles. The summed E-state index contributed by atoms with van der Waals surface area (Å²) in [4.78, 5) is 16.7. The van der Waals surface area contributed by atoms with Gasteiger partial charge in [0.25, 0.3) is 0 Å². The molecule has 1 amide bonds. The van der Waals surface area contributed by atoms with Crippen molar-refractivity contribution in [3.63, 3.8) is 0 Å². The molecular weight excluding hydrogens is 341 g/mol. The molecule has 142 valence electrons. The van der Waals surface area contributed by atoms with E-state index in [1.54, 1.807) is 18.2 Å². The summed E-state index contributed by atoms with van der Waals surface area (Å²) in [6.07, 6.45) is 3.07. The number of amides is 1. The van der Waals surface area contributed by atoms with Crippen molar-refractivity contribution in [3.05, 3.63) is 71.6 Å². The first-order valence-corrected chi connectivity index (χ1v) is 9.35. The Morgan fingerprint density at radius 2 is 1.89 bits per heavy atom. The summed E-state index contributed by atoms with van der Waals surface area (Å²) in [5.41, 5.74) is 3.24. The highest BCUT2D eigenvalue weighted by Gasteiger charge is 2.16. The zero-order valence-electron chi connectivity index (χ0n) is 15.7. The Balaban J connectivity index is 1.37. The molecule has 0 aromatic heterocycles. The van der Waals surface area contributed by atoms with Gasteiger partial charge in [-0.2, -0.15) is 0 Å². The molecule has 1 heterocycles. The summed E-state index contributed by atoms with van der Waals surface area (Å²) in [5, 5.41) is 2.89. The summed E-state index contributed by atoms with van der Waals surface area (Å²) < 4.78 is 13.1. The normalized spacial score (nSPS) is 15.3. The summed E-state index contributed by atoms with van der Waals surface area (Å²) in [6.45, 7) is 7.53. The highest BCUT2D eigenvalue weighted by Crippen LogP contribution is 2.17. The Bertz CT molecular complexity index is 798. The fraction of sp³-hybridized carbons (Fsp3) is 0.318. The minimum absolute atomic E-state index is 0.155. The third-order valence-corrected chi connectivity index (χ3v) is 4.74. The molecule has 0 bridgehead atoms. The van der Waals surface area contributed by atoms with Crippen LogP contribution < -0.4 is 10.2 Å². The number of piperazine rings is 1. The van der Waals surface area contributed by atoms with E-state index in [0.717, 1.165) is 32.7 Å². The van der Waals surface area contributed by atoms with Crippen LogP contribution in [0.4, 0.5) is 10.1 Å². The van der Waals surface area contributed by atoms with Gasteiger partial charge in [0.1, 0.15) is 5.82 Å². The summed E-state index contributed by atoms with van der Waals surface area (Å²) in [7, 11) is 0. The van der Waals surface area contributed by atoms with Crippen molar-refractivity contribution in [2.45, 2.75) is 6.92 Å². The predicted molar refractivity (Wildman–Crippen MR) is 108 cm³/mol. The Morgan fingerprint density at radius 1 is 1.11 bits per heavy atom. The van der Waals surface area contributed by atoms with Crippen LogP contribution in [0.5, 0.6) is 0 Å². The van der Waals surface area contributed by atoms with Crippen LogP contribution >= 0.6 is 0 Å². The standard InChI is InChI=1S/C22H26FN3O/c1-18-4-2-7-21(16-18)26-14-12-25(13-15-26)11-10-24-22(27)9-8-19-5-3-6-20(23)17-19/h2-9,16-17H,10-15H2,1H3,(H,24,27)/b9-8-. The number of halogens is 1. The molecule has 0 saturated carbocycles. The number of anilines is 1. The largest absolute Gasteiger partial charge is 0.369 e. The zero-order chi connectivity index (χ0) is 19.1. The van der Waals surface area contributed by atoms with Crippen molar-refractivity contribution < 1.29 is 9.18 Å². The van der Waals surface area contributed by atoms with E-state index in [4.69, 9.17) is 0 Å². The van der Waals surface area contributed by atoms with Crippen molar-refractivity contribution in [2.24, 2.45) is 0 Å². The minimum atomic E-state index is -0.303. The van der Waals surface area contributed by atoms with Gasteiger partial charge in [0.05, 0.1) is 0 Å². The molecule has 1 N–H and O–H groups in total. The second-order valence-electron chi connectivity index (χ2n) is 6.85. The van der Waals surface area contributed by atoms with Crippen LogP contribution in [-0.2, 0) is 4.79 Å². The maximum absolute atomic E-state index is 13.1. The fourth-order valence-electron chi connectivity index (χ4n) is 3.23. The lowest BCUT2D eigenvalue weighted by Gasteiger charge is -2.36. The predicted octanol–water partition coefficient (Wildman–Crippen LogP) is 3.09. The van der Waals surface area contributed by atoms with Crippen molar-refractivity contribution in [3.8, 4) is 0 Å². The second kappa shape index (κ2) is 9.33. The number of aryl methyl sites for hydroxylation is 1. The SMILES string of the molecule is Cc1cccc(N2CCN(CCNC(=O)/C=C\c3cccc(F)c3)CC2)c1. The molecule has 1 aliphatic rings. The number of carbonyl (C=O) groups excluding carboxylic acids is 1. The van der Waals surface area contributed by atoms with E-state index < -0.39 is 0 Å². The second-order valence-corrected chi connectivity index (χ2v) is 6.85. The highest BCUT2D eigenvalue weighted by molar-refractivity contribution is 5.91. The molecular formula is C22H26FN3O. The van der Waals surface area contributed by atoms with E-state index in [0.29, 0.717) is 12.1 Å². The highest BCUT2D eigenvalue weighted by atomic mass is 19.1. The van der Waals surface area contributed by atoms with Crippen LogP contribution in [0.2, 0.25) is 0 Å². The Labute approximate surface area is 160 Å². The molecule has 2 aromatic carbocycles. The van der Waals surface area contributed by atoms with Crippen molar-refractivity contribution in [1.82, 2.24) is 10.2 Å². The topological polar surface area (TPSA) is 35.6 Å². The molecule has 4 nitrogen and oxygen atoms in total. The van der Waals surface area contributed by atoms with E-state index >= 15 is 0 Å². The molecule has 0 atom stereocenters. The lowest BCUT2D eigenvalue weighted by Crippen LogP contribution is -2.48. The van der Waals surface area contributed by atoms with Crippen LogP contribution in [0.15, 0.2) is 54.6 Å². The Morgan fingerprint density at radius 3 is 2.63 bits per heavy atom. The summed E-state index contributed by atoms with van der Waals surface area (Å²) >= 11 is 0. The molecule has 2 aromatic rings. The molecule has 0 aliphatic carbocycles. The van der Waals surface area contributed by atoms with Crippen molar-refractivity contribution in [2.75, 3.05) is 44.2 Å². The van der Waals surface area contributed by atoms with E-state index in [9.17, 15) is 9.18 Å². The number of benzene rings is 2. The van der Waals surface area contributed by atoms with Gasteiger partial charge < -0.3 is 10.2 Å². The summed E-state index contributed by atoms with van der Waals surface area (Å²) in [6, 6.07) is 14.8. The van der Waals surface area contributed by atoms with E-state index in [-0.39, 0.29) is 11.7 Å². The molecule has 0 radical (unpaired) electrons. The van der Waals surface area contributed by atoms with Gasteiger partial charge in [-0.1, -0.05) is 24.3 Å². The number of hydrogen-bond donors (Lipinski definition) is 1. The minimum Gasteiger partial charge on any atom is -0.369 e. The van der Waals surface area contributed by atoms with Crippen molar-refractivity contribution >= 4 is 17.7 Å². The van der Waals surface area contributed by atoms with Crippen LogP contribution in [0.3, 0.4) is 0 Å². The van der Waals surface area contributed by atoms with Gasteiger partial charge in [0, 0.05) is 51.0 Å². The average Bonchev–Trinajstić information content (AvgIpc) is 2.67. The average molecular weight is 367 g/mol. The van der Waals surface area contributed by atoms with Crippen LogP contribution in [-0.4, -0.2) is 50.1 Å². The quantitative estimate of drug-likeness (QED) is 0.797. The molecule has 0 spiro atoms. The third-order valence-electron chi connectivity index (χ3n) is 4.74. The number of hydrogen-bond acceptors (Lipinski definition) is 3. The van der Waals surface area contributed by atoms with Crippen LogP contribution in [0.25, 0.3) is 6.08 Å². The van der Waals surface area contributed by atoms with Crippen molar-refractivity contribution in [1.29, 1.82) is 0 Å².